The molecule has 0 atom stereocenters. The Kier molecular flexibility index (Phi) is 4.39. The maximum Gasteiger partial charge on any atom is 0.255 e. The summed E-state index contributed by atoms with van der Waals surface area (Å²) in [6.45, 7) is 0. The minimum atomic E-state index is -0.260. The predicted molar refractivity (Wildman–Crippen MR) is 77.9 cm³/mol. The average Bonchev–Trinajstić information content (AvgIpc) is 2.38. The molecular weight excluding hydrogens is 332 g/mol. The highest BCUT2D eigenvalue weighted by Crippen LogP contribution is 2.24. The van der Waals surface area contributed by atoms with Gasteiger partial charge < -0.3 is 10.1 Å². The van der Waals surface area contributed by atoms with Gasteiger partial charge in [-0.2, -0.15) is 0 Å². The van der Waals surface area contributed by atoms with E-state index in [2.05, 4.69) is 26.2 Å². The second-order valence-electron chi connectivity index (χ2n) is 3.70. The van der Waals surface area contributed by atoms with Crippen molar-refractivity contribution in [1.82, 2.24) is 4.98 Å². The number of hydrogen-bond acceptors (Lipinski definition) is 3. The Bertz CT molecular complexity index is 619. The summed E-state index contributed by atoms with van der Waals surface area (Å²) in [4.78, 5) is 15.9. The van der Waals surface area contributed by atoms with E-state index in [-0.39, 0.29) is 11.1 Å². The number of carbonyl (C=O) groups excluding carboxylic acids is 1. The monoisotopic (exact) mass is 340 g/mol. The van der Waals surface area contributed by atoms with Crippen LogP contribution in [0.15, 0.2) is 41.0 Å². The highest BCUT2D eigenvalue weighted by Gasteiger charge is 2.08. The SMILES string of the molecule is COc1cc(Br)cc(NC(=O)c2ccnc(Cl)c2)c1. The van der Waals surface area contributed by atoms with Gasteiger partial charge in [0.15, 0.2) is 0 Å². The number of anilines is 1. The first-order valence-corrected chi connectivity index (χ1v) is 6.53. The highest BCUT2D eigenvalue weighted by molar-refractivity contribution is 9.10. The number of nitrogens with zero attached hydrogens (tertiary/aromatic N) is 1. The van der Waals surface area contributed by atoms with Gasteiger partial charge >= 0.3 is 0 Å². The second kappa shape index (κ2) is 6.04. The summed E-state index contributed by atoms with van der Waals surface area (Å²) in [6.07, 6.45) is 1.48. The first kappa shape index (κ1) is 13.8. The summed E-state index contributed by atoms with van der Waals surface area (Å²) in [5.41, 5.74) is 1.07. The van der Waals surface area contributed by atoms with Gasteiger partial charge in [-0.25, -0.2) is 4.98 Å². The molecule has 98 valence electrons. The lowest BCUT2D eigenvalue weighted by atomic mass is 10.2. The van der Waals surface area contributed by atoms with Crippen LogP contribution in [0.5, 0.6) is 5.75 Å². The summed E-state index contributed by atoms with van der Waals surface area (Å²) < 4.78 is 5.94. The maximum absolute atomic E-state index is 12.0. The molecule has 2 rings (SSSR count). The summed E-state index contributed by atoms with van der Waals surface area (Å²) in [7, 11) is 1.57. The predicted octanol–water partition coefficient (Wildman–Crippen LogP) is 3.76. The normalized spacial score (nSPS) is 10.1. The van der Waals surface area contributed by atoms with Gasteiger partial charge in [0.25, 0.3) is 5.91 Å². The number of pyridine rings is 1. The fourth-order valence-electron chi connectivity index (χ4n) is 1.50. The molecule has 1 amide bonds. The summed E-state index contributed by atoms with van der Waals surface area (Å²) in [6, 6.07) is 8.41. The minimum absolute atomic E-state index is 0.260. The van der Waals surface area contributed by atoms with E-state index in [4.69, 9.17) is 16.3 Å². The van der Waals surface area contributed by atoms with Crippen molar-refractivity contribution in [3.63, 3.8) is 0 Å². The Morgan fingerprint density at radius 2 is 2.16 bits per heavy atom. The molecule has 0 spiro atoms. The van der Waals surface area contributed by atoms with E-state index in [1.54, 1.807) is 31.4 Å². The highest BCUT2D eigenvalue weighted by atomic mass is 79.9. The third-order valence-corrected chi connectivity index (χ3v) is 3.02. The zero-order chi connectivity index (χ0) is 13.8. The molecule has 0 fully saturated rings. The van der Waals surface area contributed by atoms with Gasteiger partial charge in [0, 0.05) is 28.0 Å². The summed E-state index contributed by atoms with van der Waals surface area (Å²) in [5, 5.41) is 3.04. The van der Waals surface area contributed by atoms with E-state index >= 15 is 0 Å². The van der Waals surface area contributed by atoms with E-state index in [0.29, 0.717) is 17.0 Å². The number of aromatic nitrogens is 1. The van der Waals surface area contributed by atoms with Crippen molar-refractivity contribution < 1.29 is 9.53 Å². The van der Waals surface area contributed by atoms with Gasteiger partial charge in [0.1, 0.15) is 10.9 Å². The van der Waals surface area contributed by atoms with Gasteiger partial charge in [-0.05, 0) is 24.3 Å². The van der Waals surface area contributed by atoms with E-state index in [1.165, 1.54) is 12.3 Å². The molecule has 2 aromatic rings. The first-order valence-electron chi connectivity index (χ1n) is 5.36. The number of halogens is 2. The number of carbonyl (C=O) groups is 1. The molecule has 0 aliphatic carbocycles. The molecule has 0 radical (unpaired) electrons. The van der Waals surface area contributed by atoms with Gasteiger partial charge in [-0.3, -0.25) is 4.79 Å². The molecule has 0 saturated heterocycles. The van der Waals surface area contributed by atoms with Crippen molar-refractivity contribution in [2.75, 3.05) is 12.4 Å². The van der Waals surface area contributed by atoms with E-state index < -0.39 is 0 Å². The molecular formula is C13H10BrClN2O2. The smallest absolute Gasteiger partial charge is 0.255 e. The molecule has 6 heteroatoms. The van der Waals surface area contributed by atoms with Crippen LogP contribution in [0.3, 0.4) is 0 Å². The topological polar surface area (TPSA) is 51.2 Å². The Labute approximate surface area is 123 Å². The maximum atomic E-state index is 12.0. The van der Waals surface area contributed by atoms with Gasteiger partial charge in [0.05, 0.1) is 7.11 Å². The lowest BCUT2D eigenvalue weighted by molar-refractivity contribution is 0.102. The quantitative estimate of drug-likeness (QED) is 0.865. The fourth-order valence-corrected chi connectivity index (χ4v) is 2.15. The lowest BCUT2D eigenvalue weighted by Crippen LogP contribution is -2.12. The number of amides is 1. The standard InChI is InChI=1S/C13H10BrClN2O2/c1-19-11-6-9(14)5-10(7-11)17-13(18)8-2-3-16-12(15)4-8/h2-7H,1H3,(H,17,18). The van der Waals surface area contributed by atoms with Gasteiger partial charge in [-0.15, -0.1) is 0 Å². The molecule has 1 N–H and O–H groups in total. The lowest BCUT2D eigenvalue weighted by Gasteiger charge is -2.08. The fraction of sp³-hybridized carbons (Fsp3) is 0.0769. The van der Waals surface area contributed by atoms with Crippen LogP contribution in [0, 0.1) is 0 Å². The average molecular weight is 342 g/mol. The molecule has 1 aromatic carbocycles. The number of methoxy groups -OCH3 is 1. The number of benzene rings is 1. The largest absolute Gasteiger partial charge is 0.497 e. The van der Waals surface area contributed by atoms with Gasteiger partial charge in [0.2, 0.25) is 0 Å². The van der Waals surface area contributed by atoms with Crippen molar-refractivity contribution in [2.24, 2.45) is 0 Å². The van der Waals surface area contributed by atoms with Crippen molar-refractivity contribution in [2.45, 2.75) is 0 Å². The zero-order valence-corrected chi connectivity index (χ0v) is 12.3. The summed E-state index contributed by atoms with van der Waals surface area (Å²) in [5.74, 6) is 0.391. The second-order valence-corrected chi connectivity index (χ2v) is 5.00. The van der Waals surface area contributed by atoms with Crippen molar-refractivity contribution in [3.05, 3.63) is 51.7 Å². The molecule has 19 heavy (non-hydrogen) atoms. The third kappa shape index (κ3) is 3.68. The Balaban J connectivity index is 2.21. The van der Waals surface area contributed by atoms with E-state index in [1.807, 2.05) is 0 Å². The van der Waals surface area contributed by atoms with Crippen LogP contribution < -0.4 is 10.1 Å². The van der Waals surface area contributed by atoms with Crippen molar-refractivity contribution in [1.29, 1.82) is 0 Å². The Hall–Kier alpha value is -1.59. The van der Waals surface area contributed by atoms with Crippen molar-refractivity contribution >= 4 is 39.1 Å². The molecule has 0 saturated carbocycles. The molecule has 0 unspecified atom stereocenters. The molecule has 0 aliphatic rings. The molecule has 0 bridgehead atoms. The van der Waals surface area contributed by atoms with Crippen LogP contribution in [0.25, 0.3) is 0 Å². The van der Waals surface area contributed by atoms with Crippen LogP contribution >= 0.6 is 27.5 Å². The van der Waals surface area contributed by atoms with Gasteiger partial charge in [-0.1, -0.05) is 27.5 Å². The van der Waals surface area contributed by atoms with E-state index in [0.717, 1.165) is 4.47 Å². The van der Waals surface area contributed by atoms with Crippen LogP contribution in [-0.2, 0) is 0 Å². The summed E-state index contributed by atoms with van der Waals surface area (Å²) >= 11 is 9.10. The van der Waals surface area contributed by atoms with Crippen molar-refractivity contribution in [3.8, 4) is 5.75 Å². The van der Waals surface area contributed by atoms with Crippen LogP contribution in [0.2, 0.25) is 5.15 Å². The number of rotatable bonds is 3. The van der Waals surface area contributed by atoms with Crippen LogP contribution in [0.1, 0.15) is 10.4 Å². The molecule has 1 aromatic heterocycles. The van der Waals surface area contributed by atoms with Crippen LogP contribution in [0.4, 0.5) is 5.69 Å². The zero-order valence-electron chi connectivity index (χ0n) is 9.98. The number of nitrogens with one attached hydrogen (secondary N) is 1. The van der Waals surface area contributed by atoms with E-state index in [9.17, 15) is 4.79 Å². The molecule has 0 aliphatic heterocycles. The molecule has 4 nitrogen and oxygen atoms in total. The first-order chi connectivity index (χ1) is 9.08. The Morgan fingerprint density at radius 3 is 2.84 bits per heavy atom. The minimum Gasteiger partial charge on any atom is -0.497 e. The number of hydrogen-bond donors (Lipinski definition) is 1. The molecule has 1 heterocycles. The third-order valence-electron chi connectivity index (χ3n) is 2.35. The van der Waals surface area contributed by atoms with Crippen LogP contribution in [-0.4, -0.2) is 18.0 Å². The Morgan fingerprint density at radius 1 is 1.37 bits per heavy atom. The number of ether oxygens (including phenoxy) is 1.